The van der Waals surface area contributed by atoms with Gasteiger partial charge in [0.1, 0.15) is 11.6 Å². The van der Waals surface area contributed by atoms with Gasteiger partial charge >= 0.3 is 0 Å². The van der Waals surface area contributed by atoms with Gasteiger partial charge in [-0.05, 0) is 62.2 Å². The Bertz CT molecular complexity index is 1300. The summed E-state index contributed by atoms with van der Waals surface area (Å²) in [5.41, 5.74) is 3.36. The quantitative estimate of drug-likeness (QED) is 0.469. The van der Waals surface area contributed by atoms with Crippen LogP contribution in [0.15, 0.2) is 70.2 Å². The number of halogens is 1. The van der Waals surface area contributed by atoms with Crippen LogP contribution in [0.25, 0.3) is 22.4 Å². The molecule has 0 amide bonds. The van der Waals surface area contributed by atoms with Crippen molar-refractivity contribution in [3.63, 3.8) is 0 Å². The lowest BCUT2D eigenvalue weighted by Gasteiger charge is -2.12. The van der Waals surface area contributed by atoms with Gasteiger partial charge in [0.15, 0.2) is 0 Å². The molecule has 0 atom stereocenters. The first-order valence-electron chi connectivity index (χ1n) is 9.02. The van der Waals surface area contributed by atoms with E-state index in [2.05, 4.69) is 5.16 Å². The molecule has 0 N–H and O–H groups in total. The summed E-state index contributed by atoms with van der Waals surface area (Å²) in [7, 11) is -3.95. The summed E-state index contributed by atoms with van der Waals surface area (Å²) in [5.74, 6) is 0.132. The van der Waals surface area contributed by atoms with Crippen molar-refractivity contribution in [1.29, 1.82) is 0 Å². The van der Waals surface area contributed by atoms with Gasteiger partial charge in [-0.3, -0.25) is 0 Å². The molecule has 148 valence electrons. The first-order valence-corrected chi connectivity index (χ1v) is 10.5. The van der Waals surface area contributed by atoms with Crippen LogP contribution in [0.4, 0.5) is 4.39 Å². The van der Waals surface area contributed by atoms with Gasteiger partial charge in [-0.25, -0.2) is 16.8 Å². The molecule has 0 saturated carbocycles. The van der Waals surface area contributed by atoms with Crippen LogP contribution in [0.3, 0.4) is 0 Å². The summed E-state index contributed by atoms with van der Waals surface area (Å²) in [6.07, 6.45) is 1.50. The molecular formula is C22H19FN2O3S. The summed E-state index contributed by atoms with van der Waals surface area (Å²) in [6, 6.07) is 14.4. The molecule has 5 nitrogen and oxygen atoms in total. The number of hydrogen-bond acceptors (Lipinski definition) is 4. The number of nitrogens with zero attached hydrogens (tertiary/aromatic N) is 2. The number of hydrogen-bond donors (Lipinski definition) is 0. The van der Waals surface area contributed by atoms with Crippen molar-refractivity contribution < 1.29 is 17.3 Å². The van der Waals surface area contributed by atoms with E-state index in [-0.39, 0.29) is 16.2 Å². The Morgan fingerprint density at radius 2 is 1.76 bits per heavy atom. The van der Waals surface area contributed by atoms with E-state index < -0.39 is 15.8 Å². The molecular weight excluding hydrogens is 391 g/mol. The van der Waals surface area contributed by atoms with Gasteiger partial charge in [-0.2, -0.15) is 0 Å². The van der Waals surface area contributed by atoms with Crippen molar-refractivity contribution in [1.82, 2.24) is 9.13 Å². The molecule has 0 unspecified atom stereocenters. The van der Waals surface area contributed by atoms with E-state index in [1.165, 1.54) is 18.3 Å². The monoisotopic (exact) mass is 410 g/mol. The molecule has 0 fully saturated rings. The zero-order valence-corrected chi connectivity index (χ0v) is 17.0. The molecule has 0 aliphatic heterocycles. The molecule has 0 aliphatic carbocycles. The second kappa shape index (κ2) is 7.00. The molecule has 0 spiro atoms. The maximum absolute atomic E-state index is 14.4. The van der Waals surface area contributed by atoms with Gasteiger partial charge in [-0.15, -0.1) is 0 Å². The third-order valence-electron chi connectivity index (χ3n) is 4.79. The Balaban J connectivity index is 1.88. The van der Waals surface area contributed by atoms with Crippen LogP contribution in [0.1, 0.15) is 17.0 Å². The molecule has 2 aromatic heterocycles. The second-order valence-electron chi connectivity index (χ2n) is 6.91. The summed E-state index contributed by atoms with van der Waals surface area (Å²) in [4.78, 5) is 0.100. The number of benzene rings is 2. The zero-order valence-electron chi connectivity index (χ0n) is 16.2. The van der Waals surface area contributed by atoms with Crippen molar-refractivity contribution in [2.45, 2.75) is 25.7 Å². The van der Waals surface area contributed by atoms with Crippen LogP contribution in [-0.2, 0) is 10.0 Å². The normalized spacial score (nSPS) is 11.7. The predicted octanol–water partition coefficient (Wildman–Crippen LogP) is 5.11. The zero-order chi connectivity index (χ0) is 20.8. The maximum atomic E-state index is 14.4. The second-order valence-corrected chi connectivity index (χ2v) is 8.73. The van der Waals surface area contributed by atoms with Crippen molar-refractivity contribution in [2.75, 3.05) is 0 Å². The van der Waals surface area contributed by atoms with E-state index >= 15 is 0 Å². The average molecular weight is 410 g/mol. The largest absolute Gasteiger partial charge is 0.361 e. The van der Waals surface area contributed by atoms with Crippen molar-refractivity contribution in [3.05, 3.63) is 83.6 Å². The fraction of sp³-hybridized carbons (Fsp3) is 0.136. The first-order chi connectivity index (χ1) is 13.8. The fourth-order valence-corrected chi connectivity index (χ4v) is 4.92. The highest BCUT2D eigenvalue weighted by Gasteiger charge is 2.23. The SMILES string of the molecule is Cc1cc(-c2ccccc2F)n(S(=O)(=O)c2cccc(-c3c(C)noc3C)c2)c1. The summed E-state index contributed by atoms with van der Waals surface area (Å²) >= 11 is 0. The summed E-state index contributed by atoms with van der Waals surface area (Å²) in [5, 5.41) is 3.94. The Hall–Kier alpha value is -3.19. The highest BCUT2D eigenvalue weighted by Crippen LogP contribution is 2.32. The van der Waals surface area contributed by atoms with Crippen LogP contribution in [0, 0.1) is 26.6 Å². The fourth-order valence-electron chi connectivity index (χ4n) is 3.46. The van der Waals surface area contributed by atoms with Gasteiger partial charge in [0.05, 0.1) is 16.3 Å². The maximum Gasteiger partial charge on any atom is 0.268 e. The van der Waals surface area contributed by atoms with E-state index in [1.807, 2.05) is 6.07 Å². The van der Waals surface area contributed by atoms with Gasteiger partial charge in [0.2, 0.25) is 0 Å². The van der Waals surface area contributed by atoms with Gasteiger partial charge in [-0.1, -0.05) is 29.4 Å². The molecule has 4 aromatic rings. The van der Waals surface area contributed by atoms with E-state index in [1.54, 1.807) is 57.2 Å². The van der Waals surface area contributed by atoms with Crippen LogP contribution in [0.5, 0.6) is 0 Å². The van der Waals surface area contributed by atoms with Gasteiger partial charge in [0.25, 0.3) is 10.0 Å². The Morgan fingerprint density at radius 3 is 2.45 bits per heavy atom. The van der Waals surface area contributed by atoms with E-state index in [0.29, 0.717) is 22.6 Å². The van der Waals surface area contributed by atoms with Crippen LogP contribution >= 0.6 is 0 Å². The third kappa shape index (κ3) is 3.27. The Kier molecular flexibility index (Phi) is 4.62. The molecule has 0 radical (unpaired) electrons. The highest BCUT2D eigenvalue weighted by molar-refractivity contribution is 7.90. The first kappa shape index (κ1) is 19.1. The van der Waals surface area contributed by atoms with Crippen LogP contribution < -0.4 is 0 Å². The van der Waals surface area contributed by atoms with Crippen molar-refractivity contribution in [2.24, 2.45) is 0 Å². The van der Waals surface area contributed by atoms with E-state index in [9.17, 15) is 12.8 Å². The van der Waals surface area contributed by atoms with E-state index in [4.69, 9.17) is 4.52 Å². The minimum Gasteiger partial charge on any atom is -0.361 e. The molecule has 0 bridgehead atoms. The minimum absolute atomic E-state index is 0.100. The van der Waals surface area contributed by atoms with E-state index in [0.717, 1.165) is 9.54 Å². The van der Waals surface area contributed by atoms with Crippen molar-refractivity contribution in [3.8, 4) is 22.4 Å². The topological polar surface area (TPSA) is 65.1 Å². The molecule has 0 aliphatic rings. The van der Waals surface area contributed by atoms with Crippen LogP contribution in [-0.4, -0.2) is 17.5 Å². The molecule has 0 saturated heterocycles. The smallest absolute Gasteiger partial charge is 0.268 e. The van der Waals surface area contributed by atoms with Gasteiger partial charge in [0, 0.05) is 17.3 Å². The number of aryl methyl sites for hydroxylation is 3. The van der Waals surface area contributed by atoms with Crippen LogP contribution in [0.2, 0.25) is 0 Å². The lowest BCUT2D eigenvalue weighted by molar-refractivity contribution is 0.393. The summed E-state index contributed by atoms with van der Waals surface area (Å²) < 4.78 is 47.6. The average Bonchev–Trinajstić information content (AvgIpc) is 3.24. The van der Waals surface area contributed by atoms with Gasteiger partial charge < -0.3 is 4.52 Å². The number of aromatic nitrogens is 2. The summed E-state index contributed by atoms with van der Waals surface area (Å²) in [6.45, 7) is 5.36. The standard InChI is InChI=1S/C22H19FN2O3S/c1-14-11-21(19-9-4-5-10-20(19)23)25(13-14)29(26,27)18-8-6-7-17(12-18)22-15(2)24-28-16(22)3/h4-13H,1-3H3. The predicted molar refractivity (Wildman–Crippen MR) is 109 cm³/mol. The number of rotatable bonds is 4. The lowest BCUT2D eigenvalue weighted by Crippen LogP contribution is -2.13. The molecule has 4 rings (SSSR count). The van der Waals surface area contributed by atoms with Crippen molar-refractivity contribution >= 4 is 10.0 Å². The molecule has 29 heavy (non-hydrogen) atoms. The molecule has 2 aromatic carbocycles. The Labute approximate surface area is 168 Å². The third-order valence-corrected chi connectivity index (χ3v) is 6.46. The minimum atomic E-state index is -3.95. The Morgan fingerprint density at radius 1 is 1.00 bits per heavy atom. The lowest BCUT2D eigenvalue weighted by atomic mass is 10.0. The highest BCUT2D eigenvalue weighted by atomic mass is 32.2. The molecule has 2 heterocycles. The molecule has 7 heteroatoms.